The van der Waals surface area contributed by atoms with Gasteiger partial charge in [-0.2, -0.15) is 0 Å². The summed E-state index contributed by atoms with van der Waals surface area (Å²) in [6.07, 6.45) is 7.54. The zero-order valence-corrected chi connectivity index (χ0v) is 10.3. The van der Waals surface area contributed by atoms with Crippen LogP contribution in [0.4, 0.5) is 0 Å². The minimum atomic E-state index is -0.581. The van der Waals surface area contributed by atoms with Crippen molar-refractivity contribution in [1.82, 2.24) is 14.5 Å². The van der Waals surface area contributed by atoms with Gasteiger partial charge in [0.15, 0.2) is 0 Å². The number of rotatable bonds is 4. The van der Waals surface area contributed by atoms with Crippen molar-refractivity contribution in [3.05, 3.63) is 47.3 Å². The van der Waals surface area contributed by atoms with E-state index in [1.54, 1.807) is 24.7 Å². The maximum absolute atomic E-state index is 10.0. The van der Waals surface area contributed by atoms with Gasteiger partial charge in [0.05, 0.1) is 11.1 Å². The number of nitrogens with zero attached hydrogens (tertiary/aromatic N) is 3. The summed E-state index contributed by atoms with van der Waals surface area (Å²) in [6, 6.07) is 1.74. The molecule has 0 bridgehead atoms. The van der Waals surface area contributed by atoms with Crippen molar-refractivity contribution in [2.45, 2.75) is 18.9 Å². The lowest BCUT2D eigenvalue weighted by Gasteiger charge is -2.11. The second-order valence-corrected chi connectivity index (χ2v) is 4.31. The number of aliphatic hydroxyl groups is 1. The van der Waals surface area contributed by atoms with E-state index >= 15 is 0 Å². The van der Waals surface area contributed by atoms with Crippen molar-refractivity contribution >= 4 is 11.6 Å². The molecule has 1 N–H and O–H groups in total. The van der Waals surface area contributed by atoms with Crippen LogP contribution in [-0.2, 0) is 13.5 Å². The van der Waals surface area contributed by atoms with Crippen LogP contribution in [0.3, 0.4) is 0 Å². The Morgan fingerprint density at radius 3 is 2.94 bits per heavy atom. The van der Waals surface area contributed by atoms with Crippen molar-refractivity contribution in [3.63, 3.8) is 0 Å². The molecule has 0 amide bonds. The van der Waals surface area contributed by atoms with Crippen LogP contribution in [-0.4, -0.2) is 19.6 Å². The van der Waals surface area contributed by atoms with E-state index < -0.39 is 6.10 Å². The van der Waals surface area contributed by atoms with Gasteiger partial charge in [-0.25, -0.2) is 4.98 Å². The van der Waals surface area contributed by atoms with E-state index in [9.17, 15) is 5.11 Å². The van der Waals surface area contributed by atoms with Gasteiger partial charge < -0.3 is 9.67 Å². The molecule has 0 fully saturated rings. The van der Waals surface area contributed by atoms with Crippen LogP contribution in [0.25, 0.3) is 0 Å². The lowest BCUT2D eigenvalue weighted by atomic mass is 10.1. The smallest absolute Gasteiger partial charge is 0.108 e. The first-order valence-corrected chi connectivity index (χ1v) is 5.80. The predicted molar refractivity (Wildman–Crippen MR) is 65.7 cm³/mol. The van der Waals surface area contributed by atoms with Crippen LogP contribution in [0.5, 0.6) is 0 Å². The molecule has 0 aliphatic heterocycles. The van der Waals surface area contributed by atoms with Crippen LogP contribution in [0.1, 0.15) is 23.9 Å². The molecular formula is C12H14ClN3O. The fourth-order valence-corrected chi connectivity index (χ4v) is 1.96. The Morgan fingerprint density at radius 2 is 2.29 bits per heavy atom. The number of hydrogen-bond acceptors (Lipinski definition) is 3. The second-order valence-electron chi connectivity index (χ2n) is 3.91. The fourth-order valence-electron chi connectivity index (χ4n) is 1.71. The number of aryl methyl sites for hydroxylation is 2. The third-order valence-electron chi connectivity index (χ3n) is 2.73. The summed E-state index contributed by atoms with van der Waals surface area (Å²) < 4.78 is 1.95. The van der Waals surface area contributed by atoms with Crippen molar-refractivity contribution in [2.75, 3.05) is 0 Å². The van der Waals surface area contributed by atoms with Gasteiger partial charge in [0, 0.05) is 43.8 Å². The molecule has 0 radical (unpaired) electrons. The zero-order chi connectivity index (χ0) is 12.3. The summed E-state index contributed by atoms with van der Waals surface area (Å²) in [5.41, 5.74) is 0.718. The summed E-state index contributed by atoms with van der Waals surface area (Å²) in [4.78, 5) is 8.10. The van der Waals surface area contributed by atoms with Gasteiger partial charge in [-0.3, -0.25) is 4.98 Å². The van der Waals surface area contributed by atoms with Crippen LogP contribution in [0, 0.1) is 0 Å². The van der Waals surface area contributed by atoms with Crippen LogP contribution in [0.2, 0.25) is 5.02 Å². The first-order chi connectivity index (χ1) is 8.18. The highest BCUT2D eigenvalue weighted by Crippen LogP contribution is 2.24. The molecule has 2 aromatic heterocycles. The largest absolute Gasteiger partial charge is 0.388 e. The quantitative estimate of drug-likeness (QED) is 0.906. The Morgan fingerprint density at radius 1 is 1.47 bits per heavy atom. The van der Waals surface area contributed by atoms with Gasteiger partial charge in [-0.05, 0) is 12.5 Å². The summed E-state index contributed by atoms with van der Waals surface area (Å²) in [5.74, 6) is 0.953. The fraction of sp³-hybridized carbons (Fsp3) is 0.333. The average Bonchev–Trinajstić information content (AvgIpc) is 2.72. The average molecular weight is 252 g/mol. The third-order valence-corrected chi connectivity index (χ3v) is 3.04. The monoisotopic (exact) mass is 251 g/mol. The Bertz CT molecular complexity index is 498. The van der Waals surface area contributed by atoms with Crippen molar-refractivity contribution in [1.29, 1.82) is 0 Å². The molecule has 1 atom stereocenters. The van der Waals surface area contributed by atoms with E-state index in [1.807, 2.05) is 17.8 Å². The van der Waals surface area contributed by atoms with Gasteiger partial charge in [0.25, 0.3) is 0 Å². The van der Waals surface area contributed by atoms with Gasteiger partial charge in [-0.1, -0.05) is 11.6 Å². The topological polar surface area (TPSA) is 50.9 Å². The standard InChI is InChI=1S/C12H14ClN3O/c1-16-7-6-15-12(16)3-2-11(17)9-4-5-14-8-10(9)13/h4-8,11,17H,2-3H2,1H3. The molecular weight excluding hydrogens is 238 g/mol. The molecule has 1 unspecified atom stereocenters. The molecule has 2 rings (SSSR count). The van der Waals surface area contributed by atoms with Gasteiger partial charge in [0.2, 0.25) is 0 Å². The Labute approximate surface area is 105 Å². The molecule has 0 aromatic carbocycles. The molecule has 0 aliphatic carbocycles. The highest BCUT2D eigenvalue weighted by atomic mass is 35.5. The van der Waals surface area contributed by atoms with E-state index in [-0.39, 0.29) is 0 Å². The number of hydrogen-bond donors (Lipinski definition) is 1. The lowest BCUT2D eigenvalue weighted by Crippen LogP contribution is -2.04. The molecule has 90 valence electrons. The van der Waals surface area contributed by atoms with E-state index in [0.29, 0.717) is 17.9 Å². The Kier molecular flexibility index (Phi) is 3.76. The van der Waals surface area contributed by atoms with Crippen LogP contribution >= 0.6 is 11.6 Å². The molecule has 0 aliphatic rings. The summed E-state index contributed by atoms with van der Waals surface area (Å²) >= 11 is 5.97. The Balaban J connectivity index is 2.01. The number of halogens is 1. The van der Waals surface area contributed by atoms with E-state index in [1.165, 1.54) is 0 Å². The SMILES string of the molecule is Cn1ccnc1CCC(O)c1ccncc1Cl. The van der Waals surface area contributed by atoms with Gasteiger partial charge in [-0.15, -0.1) is 0 Å². The molecule has 0 spiro atoms. The summed E-state index contributed by atoms with van der Waals surface area (Å²) in [6.45, 7) is 0. The highest BCUT2D eigenvalue weighted by molar-refractivity contribution is 6.31. The van der Waals surface area contributed by atoms with Crippen molar-refractivity contribution < 1.29 is 5.11 Å². The molecule has 0 saturated carbocycles. The van der Waals surface area contributed by atoms with E-state index in [2.05, 4.69) is 9.97 Å². The number of imidazole rings is 1. The molecule has 5 heteroatoms. The molecule has 2 heterocycles. The predicted octanol–water partition coefficient (Wildman–Crippen LogP) is 2.13. The normalized spacial score (nSPS) is 12.6. The first-order valence-electron chi connectivity index (χ1n) is 5.42. The molecule has 0 saturated heterocycles. The number of pyridine rings is 1. The first kappa shape index (κ1) is 12.1. The number of aromatic nitrogens is 3. The van der Waals surface area contributed by atoms with Gasteiger partial charge in [0.1, 0.15) is 5.82 Å². The van der Waals surface area contributed by atoms with Gasteiger partial charge >= 0.3 is 0 Å². The summed E-state index contributed by atoms with van der Waals surface area (Å²) in [5, 5.41) is 10.5. The third kappa shape index (κ3) is 2.84. The maximum Gasteiger partial charge on any atom is 0.108 e. The zero-order valence-electron chi connectivity index (χ0n) is 9.55. The Hall–Kier alpha value is -1.39. The lowest BCUT2D eigenvalue weighted by molar-refractivity contribution is 0.167. The second kappa shape index (κ2) is 5.29. The minimum Gasteiger partial charge on any atom is -0.388 e. The maximum atomic E-state index is 10.0. The van der Waals surface area contributed by atoms with E-state index in [0.717, 1.165) is 11.4 Å². The molecule has 17 heavy (non-hydrogen) atoms. The molecule has 2 aromatic rings. The summed E-state index contributed by atoms with van der Waals surface area (Å²) in [7, 11) is 1.94. The number of aliphatic hydroxyl groups excluding tert-OH is 1. The van der Waals surface area contributed by atoms with Crippen LogP contribution < -0.4 is 0 Å². The molecule has 4 nitrogen and oxygen atoms in total. The van der Waals surface area contributed by atoms with E-state index in [4.69, 9.17) is 11.6 Å². The van der Waals surface area contributed by atoms with Crippen LogP contribution in [0.15, 0.2) is 30.9 Å². The minimum absolute atomic E-state index is 0.500. The van der Waals surface area contributed by atoms with Crippen molar-refractivity contribution in [3.8, 4) is 0 Å². The van der Waals surface area contributed by atoms with Crippen molar-refractivity contribution in [2.24, 2.45) is 7.05 Å². The highest BCUT2D eigenvalue weighted by Gasteiger charge is 2.12.